The van der Waals surface area contributed by atoms with Crippen molar-refractivity contribution in [1.82, 2.24) is 0 Å². The summed E-state index contributed by atoms with van der Waals surface area (Å²) in [7, 11) is 0. The monoisotopic (exact) mass is 419 g/mol. The summed E-state index contributed by atoms with van der Waals surface area (Å²) in [4.78, 5) is 23.8. The number of rotatable bonds is 8. The van der Waals surface area contributed by atoms with E-state index >= 15 is 0 Å². The zero-order valence-electron chi connectivity index (χ0n) is 14.8. The SMILES string of the molecule is CC[C@H](C)c1ccccc1NC(=O)COC(=O)COc1cccc(Br)c1. The second kappa shape index (κ2) is 9.97. The lowest BCUT2D eigenvalue weighted by Crippen LogP contribution is -2.24. The molecule has 0 saturated heterocycles. The van der Waals surface area contributed by atoms with E-state index in [1.54, 1.807) is 18.2 Å². The molecule has 1 atom stereocenters. The maximum atomic E-state index is 12.1. The van der Waals surface area contributed by atoms with Gasteiger partial charge in [0.05, 0.1) is 0 Å². The molecule has 0 heterocycles. The normalized spacial score (nSPS) is 11.5. The maximum Gasteiger partial charge on any atom is 0.344 e. The van der Waals surface area contributed by atoms with Crippen LogP contribution in [0.15, 0.2) is 53.0 Å². The highest BCUT2D eigenvalue weighted by molar-refractivity contribution is 9.10. The van der Waals surface area contributed by atoms with Gasteiger partial charge in [-0.1, -0.05) is 54.0 Å². The molecule has 5 nitrogen and oxygen atoms in total. The number of hydrogen-bond acceptors (Lipinski definition) is 4. The highest BCUT2D eigenvalue weighted by atomic mass is 79.9. The van der Waals surface area contributed by atoms with Gasteiger partial charge in [0, 0.05) is 10.2 Å². The second-order valence-corrected chi connectivity index (χ2v) is 6.77. The standard InChI is InChI=1S/C20H22BrNO4/c1-3-14(2)17-9-4-5-10-18(17)22-19(23)12-26-20(24)13-25-16-8-6-7-15(21)11-16/h4-11,14H,3,12-13H2,1-2H3,(H,22,23)/t14-/m0/s1. The van der Waals surface area contributed by atoms with E-state index in [4.69, 9.17) is 9.47 Å². The van der Waals surface area contributed by atoms with Crippen molar-refractivity contribution in [1.29, 1.82) is 0 Å². The molecule has 0 bridgehead atoms. The van der Waals surface area contributed by atoms with Crippen LogP contribution in [0.2, 0.25) is 0 Å². The molecule has 0 spiro atoms. The molecule has 26 heavy (non-hydrogen) atoms. The van der Waals surface area contributed by atoms with Crippen LogP contribution in [0.3, 0.4) is 0 Å². The highest BCUT2D eigenvalue weighted by Crippen LogP contribution is 2.26. The fourth-order valence-corrected chi connectivity index (χ4v) is 2.71. The molecule has 6 heteroatoms. The van der Waals surface area contributed by atoms with E-state index in [-0.39, 0.29) is 19.1 Å². The molecule has 0 radical (unpaired) electrons. The molecule has 0 aromatic heterocycles. The summed E-state index contributed by atoms with van der Waals surface area (Å²) in [5.74, 6) is -0.109. The number of nitrogens with one attached hydrogen (secondary N) is 1. The number of amides is 1. The molecule has 1 amide bonds. The molecular weight excluding hydrogens is 398 g/mol. The smallest absolute Gasteiger partial charge is 0.344 e. The van der Waals surface area contributed by atoms with E-state index in [2.05, 4.69) is 35.1 Å². The average molecular weight is 420 g/mol. The van der Waals surface area contributed by atoms with Crippen LogP contribution < -0.4 is 10.1 Å². The highest BCUT2D eigenvalue weighted by Gasteiger charge is 2.13. The van der Waals surface area contributed by atoms with E-state index < -0.39 is 5.97 Å². The van der Waals surface area contributed by atoms with E-state index in [9.17, 15) is 9.59 Å². The minimum Gasteiger partial charge on any atom is -0.482 e. The maximum absolute atomic E-state index is 12.1. The van der Waals surface area contributed by atoms with Gasteiger partial charge < -0.3 is 14.8 Å². The Morgan fingerprint density at radius 1 is 1.12 bits per heavy atom. The van der Waals surface area contributed by atoms with Crippen molar-refractivity contribution in [3.8, 4) is 5.75 Å². The van der Waals surface area contributed by atoms with Gasteiger partial charge in [-0.05, 0) is 42.2 Å². The topological polar surface area (TPSA) is 64.6 Å². The first kappa shape index (κ1) is 20.0. The van der Waals surface area contributed by atoms with Crippen molar-refractivity contribution in [3.05, 3.63) is 58.6 Å². The molecule has 2 aromatic rings. The van der Waals surface area contributed by atoms with Crippen LogP contribution in [0.4, 0.5) is 5.69 Å². The number of ether oxygens (including phenoxy) is 2. The van der Waals surface area contributed by atoms with E-state index in [1.807, 2.05) is 30.3 Å². The van der Waals surface area contributed by atoms with Gasteiger partial charge in [-0.3, -0.25) is 4.79 Å². The van der Waals surface area contributed by atoms with Crippen LogP contribution in [0.1, 0.15) is 31.7 Å². The molecule has 0 aliphatic rings. The first-order chi connectivity index (χ1) is 12.5. The Kier molecular flexibility index (Phi) is 7.66. The third kappa shape index (κ3) is 6.19. The fraction of sp³-hybridized carbons (Fsp3) is 0.300. The number of carbonyl (C=O) groups excluding carboxylic acids is 2. The predicted octanol–water partition coefficient (Wildman–Crippen LogP) is 4.52. The molecule has 2 aromatic carbocycles. The number of carbonyl (C=O) groups is 2. The van der Waals surface area contributed by atoms with Crippen molar-refractivity contribution >= 4 is 33.5 Å². The quantitative estimate of drug-likeness (QED) is 0.638. The van der Waals surface area contributed by atoms with Gasteiger partial charge in [-0.15, -0.1) is 0 Å². The van der Waals surface area contributed by atoms with Crippen LogP contribution in [0.25, 0.3) is 0 Å². The summed E-state index contributed by atoms with van der Waals surface area (Å²) < 4.78 is 11.1. The van der Waals surface area contributed by atoms with Crippen molar-refractivity contribution in [2.75, 3.05) is 18.5 Å². The van der Waals surface area contributed by atoms with Crippen LogP contribution >= 0.6 is 15.9 Å². The fourth-order valence-electron chi connectivity index (χ4n) is 2.33. The molecule has 0 aliphatic carbocycles. The molecule has 0 unspecified atom stereocenters. The minimum atomic E-state index is -0.602. The third-order valence-corrected chi connectivity index (χ3v) is 4.39. The molecule has 0 aliphatic heterocycles. The summed E-state index contributed by atoms with van der Waals surface area (Å²) in [6.45, 7) is 3.59. The number of hydrogen-bond donors (Lipinski definition) is 1. The Bertz CT molecular complexity index is 763. The van der Waals surface area contributed by atoms with Crippen LogP contribution in [0, 0.1) is 0 Å². The van der Waals surface area contributed by atoms with Gasteiger partial charge >= 0.3 is 5.97 Å². The Balaban J connectivity index is 1.81. The van der Waals surface area contributed by atoms with E-state index in [0.717, 1.165) is 22.1 Å². The number of para-hydroxylation sites is 1. The number of esters is 1. The Morgan fingerprint density at radius 3 is 2.62 bits per heavy atom. The van der Waals surface area contributed by atoms with Crippen LogP contribution in [-0.4, -0.2) is 25.1 Å². The summed E-state index contributed by atoms with van der Waals surface area (Å²) in [5, 5.41) is 2.80. The molecule has 2 rings (SSSR count). The summed E-state index contributed by atoms with van der Waals surface area (Å²) in [6, 6.07) is 14.8. The number of halogens is 1. The van der Waals surface area contributed by atoms with Crippen molar-refractivity contribution in [2.24, 2.45) is 0 Å². The molecule has 1 N–H and O–H groups in total. The zero-order chi connectivity index (χ0) is 18.9. The van der Waals surface area contributed by atoms with Gasteiger partial charge in [0.25, 0.3) is 5.91 Å². The molecule has 0 fully saturated rings. The lowest BCUT2D eigenvalue weighted by Gasteiger charge is -2.15. The summed E-state index contributed by atoms with van der Waals surface area (Å²) in [5.41, 5.74) is 1.81. The van der Waals surface area contributed by atoms with E-state index in [1.165, 1.54) is 0 Å². The summed E-state index contributed by atoms with van der Waals surface area (Å²) in [6.07, 6.45) is 0.967. The Labute approximate surface area is 161 Å². The average Bonchev–Trinajstić information content (AvgIpc) is 2.64. The predicted molar refractivity (Wildman–Crippen MR) is 104 cm³/mol. The largest absolute Gasteiger partial charge is 0.482 e. The van der Waals surface area contributed by atoms with Crippen molar-refractivity contribution in [3.63, 3.8) is 0 Å². The zero-order valence-corrected chi connectivity index (χ0v) is 16.4. The third-order valence-electron chi connectivity index (χ3n) is 3.90. The van der Waals surface area contributed by atoms with E-state index in [0.29, 0.717) is 11.7 Å². The number of benzene rings is 2. The first-order valence-electron chi connectivity index (χ1n) is 8.42. The van der Waals surface area contributed by atoms with Crippen LogP contribution in [-0.2, 0) is 14.3 Å². The first-order valence-corrected chi connectivity index (χ1v) is 9.21. The van der Waals surface area contributed by atoms with Gasteiger partial charge in [0.1, 0.15) is 5.75 Å². The van der Waals surface area contributed by atoms with Gasteiger partial charge in [-0.2, -0.15) is 0 Å². The number of anilines is 1. The molecule has 0 saturated carbocycles. The van der Waals surface area contributed by atoms with Crippen molar-refractivity contribution in [2.45, 2.75) is 26.2 Å². The van der Waals surface area contributed by atoms with Crippen molar-refractivity contribution < 1.29 is 19.1 Å². The summed E-state index contributed by atoms with van der Waals surface area (Å²) >= 11 is 3.32. The molecule has 138 valence electrons. The minimum absolute atomic E-state index is 0.257. The molecular formula is C20H22BrNO4. The van der Waals surface area contributed by atoms with Gasteiger partial charge in [0.2, 0.25) is 0 Å². The van der Waals surface area contributed by atoms with Crippen LogP contribution in [0.5, 0.6) is 5.75 Å². The second-order valence-electron chi connectivity index (χ2n) is 5.85. The lowest BCUT2D eigenvalue weighted by molar-refractivity contribution is -0.149. The lowest BCUT2D eigenvalue weighted by atomic mass is 9.97. The van der Waals surface area contributed by atoms with Gasteiger partial charge in [-0.25, -0.2) is 4.79 Å². The Hall–Kier alpha value is -2.34. The van der Waals surface area contributed by atoms with Gasteiger partial charge in [0.15, 0.2) is 13.2 Å². The Morgan fingerprint density at radius 2 is 1.88 bits per heavy atom.